The molecule has 1 aliphatic heterocycles. The van der Waals surface area contributed by atoms with Gasteiger partial charge in [0.15, 0.2) is 0 Å². The van der Waals surface area contributed by atoms with Crippen molar-refractivity contribution in [3.05, 3.63) is 0 Å². The van der Waals surface area contributed by atoms with Gasteiger partial charge in [0.25, 0.3) is 0 Å². The zero-order chi connectivity index (χ0) is 12.6. The molecule has 1 saturated heterocycles. The lowest BCUT2D eigenvalue weighted by Gasteiger charge is -2.32. The summed E-state index contributed by atoms with van der Waals surface area (Å²) in [5.74, 6) is 0.520. The Morgan fingerprint density at radius 1 is 1.19 bits per heavy atom. The Morgan fingerprint density at radius 3 is 2.12 bits per heavy atom. The number of nitrogens with one attached hydrogen (secondary N) is 1. The monoisotopic (exact) mass is 229 g/mol. The van der Waals surface area contributed by atoms with Crippen LogP contribution in [-0.4, -0.2) is 55.6 Å². The third-order valence-corrected chi connectivity index (χ3v) is 2.45. The van der Waals surface area contributed by atoms with Crippen molar-refractivity contribution in [3.8, 4) is 0 Å². The van der Waals surface area contributed by atoms with Gasteiger partial charge in [0.05, 0.1) is 0 Å². The van der Waals surface area contributed by atoms with Gasteiger partial charge < -0.3 is 15.1 Å². The summed E-state index contributed by atoms with van der Waals surface area (Å²) in [6.07, 6.45) is 0. The van der Waals surface area contributed by atoms with E-state index >= 15 is 0 Å². The number of carbonyl (C=O) groups is 1. The lowest BCUT2D eigenvalue weighted by atomic mass is 10.2. The number of hydrogen-bond donors (Lipinski definition) is 1. The van der Waals surface area contributed by atoms with Gasteiger partial charge in [-0.15, -0.1) is 0 Å². The summed E-state index contributed by atoms with van der Waals surface area (Å²) in [4.78, 5) is 15.7. The molecular formula is C12H27N3O. The summed E-state index contributed by atoms with van der Waals surface area (Å²) in [6.45, 7) is 12.6. The van der Waals surface area contributed by atoms with Gasteiger partial charge in [0.2, 0.25) is 0 Å². The number of urea groups is 1. The van der Waals surface area contributed by atoms with Crippen LogP contribution in [0, 0.1) is 5.92 Å². The number of piperazine rings is 1. The summed E-state index contributed by atoms with van der Waals surface area (Å²) >= 11 is 0. The average Bonchev–Trinajstić information content (AvgIpc) is 2.29. The van der Waals surface area contributed by atoms with Gasteiger partial charge in [-0.1, -0.05) is 27.7 Å². The smallest absolute Gasteiger partial charge is 0.317 e. The van der Waals surface area contributed by atoms with Crippen LogP contribution in [-0.2, 0) is 0 Å². The Bertz CT molecular complexity index is 187. The molecule has 0 aliphatic carbocycles. The molecule has 1 rings (SSSR count). The van der Waals surface area contributed by atoms with Crippen molar-refractivity contribution in [1.29, 1.82) is 0 Å². The lowest BCUT2D eigenvalue weighted by Crippen LogP contribution is -2.51. The number of rotatable bonds is 2. The van der Waals surface area contributed by atoms with E-state index < -0.39 is 0 Å². The maximum absolute atomic E-state index is 11.6. The van der Waals surface area contributed by atoms with Gasteiger partial charge in [0, 0.05) is 32.7 Å². The molecule has 1 N–H and O–H groups in total. The molecular weight excluding hydrogens is 202 g/mol. The highest BCUT2D eigenvalue weighted by Crippen LogP contribution is 1.99. The largest absolute Gasteiger partial charge is 0.338 e. The fraction of sp³-hybridized carbons (Fsp3) is 0.917. The highest BCUT2D eigenvalue weighted by molar-refractivity contribution is 5.74. The van der Waals surface area contributed by atoms with Crippen LogP contribution in [0.5, 0.6) is 0 Å². The molecule has 1 fully saturated rings. The quantitative estimate of drug-likeness (QED) is 0.781. The van der Waals surface area contributed by atoms with Gasteiger partial charge in [-0.25, -0.2) is 4.79 Å². The minimum absolute atomic E-state index is 0.0896. The third-order valence-electron chi connectivity index (χ3n) is 2.45. The molecule has 0 aromatic carbocycles. The van der Waals surface area contributed by atoms with Crippen LogP contribution in [0.3, 0.4) is 0 Å². The minimum atomic E-state index is 0.0896. The molecule has 96 valence electrons. The van der Waals surface area contributed by atoms with Gasteiger partial charge in [-0.05, 0) is 13.0 Å². The summed E-state index contributed by atoms with van der Waals surface area (Å²) in [5.41, 5.74) is 0. The van der Waals surface area contributed by atoms with E-state index in [1.165, 1.54) is 0 Å². The molecule has 0 aromatic heterocycles. The van der Waals surface area contributed by atoms with E-state index in [1.54, 1.807) is 0 Å². The normalized spacial score (nSPS) is 16.8. The van der Waals surface area contributed by atoms with Crippen molar-refractivity contribution in [2.24, 2.45) is 5.92 Å². The summed E-state index contributed by atoms with van der Waals surface area (Å²) in [5, 5.41) is 2.94. The molecule has 1 aliphatic rings. The summed E-state index contributed by atoms with van der Waals surface area (Å²) in [7, 11) is 2.09. The molecule has 2 amide bonds. The van der Waals surface area contributed by atoms with Gasteiger partial charge in [-0.3, -0.25) is 0 Å². The molecule has 0 spiro atoms. The maximum atomic E-state index is 11.6. The van der Waals surface area contributed by atoms with E-state index in [4.69, 9.17) is 0 Å². The third kappa shape index (κ3) is 5.95. The number of hydrogen-bond acceptors (Lipinski definition) is 2. The Balaban J connectivity index is 0.00000106. The highest BCUT2D eigenvalue weighted by atomic mass is 16.2. The van der Waals surface area contributed by atoms with E-state index in [9.17, 15) is 4.79 Å². The topological polar surface area (TPSA) is 35.6 Å². The van der Waals surface area contributed by atoms with E-state index in [2.05, 4.69) is 31.1 Å². The van der Waals surface area contributed by atoms with Crippen molar-refractivity contribution >= 4 is 6.03 Å². The first kappa shape index (κ1) is 15.2. The number of nitrogens with zero attached hydrogens (tertiary/aromatic N) is 2. The molecule has 0 unspecified atom stereocenters. The fourth-order valence-corrected chi connectivity index (χ4v) is 1.41. The standard InChI is InChI=1S/C10H21N3O.C2H6/c1-9(2)8-11-10(14)13-6-4-12(3)5-7-13;1-2/h9H,4-8H2,1-3H3,(H,11,14);1-2H3. The van der Waals surface area contributed by atoms with Crippen molar-refractivity contribution < 1.29 is 4.79 Å². The minimum Gasteiger partial charge on any atom is -0.338 e. The Hall–Kier alpha value is -0.770. The van der Waals surface area contributed by atoms with Gasteiger partial charge >= 0.3 is 6.03 Å². The molecule has 4 heteroatoms. The van der Waals surface area contributed by atoms with Crippen LogP contribution < -0.4 is 5.32 Å². The molecule has 16 heavy (non-hydrogen) atoms. The van der Waals surface area contributed by atoms with Crippen LogP contribution in [0.15, 0.2) is 0 Å². The molecule has 0 bridgehead atoms. The van der Waals surface area contributed by atoms with Gasteiger partial charge in [-0.2, -0.15) is 0 Å². The number of carbonyl (C=O) groups excluding carboxylic acids is 1. The molecule has 1 heterocycles. The van der Waals surface area contributed by atoms with Crippen molar-refractivity contribution in [3.63, 3.8) is 0 Å². The van der Waals surface area contributed by atoms with Crippen LogP contribution in [0.1, 0.15) is 27.7 Å². The second-order valence-corrected chi connectivity index (χ2v) is 4.37. The predicted molar refractivity (Wildman–Crippen MR) is 68.7 cm³/mol. The van der Waals surface area contributed by atoms with Gasteiger partial charge in [0.1, 0.15) is 0 Å². The van der Waals surface area contributed by atoms with E-state index in [0.29, 0.717) is 5.92 Å². The molecule has 4 nitrogen and oxygen atoms in total. The first-order chi connectivity index (χ1) is 7.59. The average molecular weight is 229 g/mol. The van der Waals surface area contributed by atoms with Crippen LogP contribution in [0.4, 0.5) is 4.79 Å². The number of likely N-dealkylation sites (N-methyl/N-ethyl adjacent to an activating group) is 1. The Labute approximate surface area is 100.0 Å². The summed E-state index contributed by atoms with van der Waals surface area (Å²) in [6, 6.07) is 0.0896. The van der Waals surface area contributed by atoms with E-state index in [-0.39, 0.29) is 6.03 Å². The van der Waals surface area contributed by atoms with Crippen molar-refractivity contribution in [2.45, 2.75) is 27.7 Å². The molecule has 0 saturated carbocycles. The first-order valence-electron chi connectivity index (χ1n) is 6.31. The van der Waals surface area contributed by atoms with Crippen molar-refractivity contribution in [2.75, 3.05) is 39.8 Å². The number of amides is 2. The predicted octanol–water partition coefficient (Wildman–Crippen LogP) is 1.63. The zero-order valence-corrected chi connectivity index (χ0v) is 11.4. The van der Waals surface area contributed by atoms with Crippen LogP contribution in [0.2, 0.25) is 0 Å². The van der Waals surface area contributed by atoms with E-state index in [0.717, 1.165) is 32.7 Å². The molecule has 0 atom stereocenters. The second-order valence-electron chi connectivity index (χ2n) is 4.37. The Morgan fingerprint density at radius 2 is 1.69 bits per heavy atom. The summed E-state index contributed by atoms with van der Waals surface area (Å²) < 4.78 is 0. The second kappa shape index (κ2) is 8.39. The molecule has 0 radical (unpaired) electrons. The highest BCUT2D eigenvalue weighted by Gasteiger charge is 2.18. The lowest BCUT2D eigenvalue weighted by molar-refractivity contribution is 0.153. The fourth-order valence-electron chi connectivity index (χ4n) is 1.41. The first-order valence-corrected chi connectivity index (χ1v) is 6.31. The van der Waals surface area contributed by atoms with E-state index in [1.807, 2.05) is 18.7 Å². The van der Waals surface area contributed by atoms with Crippen molar-refractivity contribution in [1.82, 2.24) is 15.1 Å². The molecule has 0 aromatic rings. The van der Waals surface area contributed by atoms with Crippen LogP contribution >= 0.6 is 0 Å². The Kier molecular flexibility index (Phi) is 7.99. The maximum Gasteiger partial charge on any atom is 0.317 e. The zero-order valence-electron chi connectivity index (χ0n) is 11.4. The SMILES string of the molecule is CC.CC(C)CNC(=O)N1CCN(C)CC1. The van der Waals surface area contributed by atoms with Crippen LogP contribution in [0.25, 0.3) is 0 Å².